The molecule has 0 aromatic heterocycles. The molecule has 0 heterocycles. The molecule has 1 aromatic carbocycles. The van der Waals surface area contributed by atoms with Gasteiger partial charge in [0, 0.05) is 6.92 Å². The highest BCUT2D eigenvalue weighted by atomic mass is 19.4. The van der Waals surface area contributed by atoms with Gasteiger partial charge < -0.3 is 0 Å². The quantitative estimate of drug-likeness (QED) is 0.635. The number of hydrogen-bond acceptors (Lipinski definition) is 1. The molecule has 0 aliphatic carbocycles. The summed E-state index contributed by atoms with van der Waals surface area (Å²) in [5, 5.41) is 7.32. The van der Waals surface area contributed by atoms with Crippen LogP contribution >= 0.6 is 0 Å². The summed E-state index contributed by atoms with van der Waals surface area (Å²) in [5.41, 5.74) is -3.32. The van der Waals surface area contributed by atoms with Crippen LogP contribution in [0.15, 0.2) is 24.3 Å². The fourth-order valence-corrected chi connectivity index (χ4v) is 0.978. The summed E-state index contributed by atoms with van der Waals surface area (Å²) < 4.78 is 72.5. The average molecular weight is 255 g/mol. The molecule has 0 spiro atoms. The molecule has 0 aliphatic heterocycles. The third-order valence-corrected chi connectivity index (χ3v) is 1.54. The lowest BCUT2D eigenvalue weighted by Gasteiger charge is -2.14. The van der Waals surface area contributed by atoms with Crippen LogP contribution in [-0.4, -0.2) is 0 Å². The largest absolute Gasteiger partial charge is 0.417 e. The van der Waals surface area contributed by atoms with Crippen LogP contribution < -0.4 is 0 Å². The van der Waals surface area contributed by atoms with Gasteiger partial charge in [-0.25, -0.2) is 0 Å². The monoisotopic (exact) mass is 255 g/mol. The van der Waals surface area contributed by atoms with Gasteiger partial charge in [0.05, 0.1) is 17.2 Å². The molecule has 0 N–H and O–H groups in total. The van der Waals surface area contributed by atoms with Crippen LogP contribution in [0.4, 0.5) is 26.3 Å². The highest BCUT2D eigenvalue weighted by Crippen LogP contribution is 2.39. The van der Waals surface area contributed by atoms with E-state index >= 15 is 0 Å². The standard InChI is InChI=1S/C8H4F6.C2H3N/c9-7(10,11)5-3-1-2-4-6(5)8(12,13)14;1-2-3/h1-4H;1H3. The first-order valence-corrected chi connectivity index (χ1v) is 4.18. The van der Waals surface area contributed by atoms with Gasteiger partial charge in [0.25, 0.3) is 0 Å². The molecule has 0 saturated heterocycles. The Bertz CT molecular complexity index is 365. The fraction of sp³-hybridized carbons (Fsp3) is 0.300. The Morgan fingerprint density at radius 2 is 1.12 bits per heavy atom. The third-order valence-electron chi connectivity index (χ3n) is 1.54. The molecule has 1 nitrogen and oxygen atoms in total. The maximum Gasteiger partial charge on any atom is 0.417 e. The predicted octanol–water partition coefficient (Wildman–Crippen LogP) is 4.25. The number of alkyl halides is 6. The number of nitrogens with zero attached hydrogens (tertiary/aromatic N) is 1. The van der Waals surface area contributed by atoms with Crippen LogP contribution in [0.25, 0.3) is 0 Å². The van der Waals surface area contributed by atoms with Crippen LogP contribution in [0, 0.1) is 11.3 Å². The van der Waals surface area contributed by atoms with Crippen molar-refractivity contribution in [3.05, 3.63) is 35.4 Å². The van der Waals surface area contributed by atoms with Crippen molar-refractivity contribution in [3.8, 4) is 6.07 Å². The van der Waals surface area contributed by atoms with Gasteiger partial charge in [-0.3, -0.25) is 0 Å². The first-order chi connectivity index (χ1) is 7.64. The van der Waals surface area contributed by atoms with Crippen LogP contribution in [-0.2, 0) is 12.4 Å². The van der Waals surface area contributed by atoms with E-state index in [9.17, 15) is 26.3 Å². The van der Waals surface area contributed by atoms with Crippen molar-refractivity contribution in [3.63, 3.8) is 0 Å². The summed E-state index contributed by atoms with van der Waals surface area (Å²) in [4.78, 5) is 0. The highest BCUT2D eigenvalue weighted by Gasteiger charge is 2.42. The number of hydrogen-bond donors (Lipinski definition) is 0. The lowest BCUT2D eigenvalue weighted by Crippen LogP contribution is -2.15. The summed E-state index contributed by atoms with van der Waals surface area (Å²) in [6, 6.07) is 4.39. The molecule has 0 atom stereocenters. The van der Waals surface area contributed by atoms with Gasteiger partial charge in [0.1, 0.15) is 0 Å². The van der Waals surface area contributed by atoms with Crippen molar-refractivity contribution in [2.45, 2.75) is 19.3 Å². The first kappa shape index (κ1) is 15.3. The Kier molecular flexibility index (Phi) is 5.01. The number of nitriles is 1. The zero-order valence-electron chi connectivity index (χ0n) is 8.52. The van der Waals surface area contributed by atoms with Gasteiger partial charge in [-0.2, -0.15) is 31.6 Å². The molecule has 0 amide bonds. The van der Waals surface area contributed by atoms with E-state index in [2.05, 4.69) is 0 Å². The maximum atomic E-state index is 12.1. The molecule has 7 heteroatoms. The molecule has 0 saturated carbocycles. The number of halogens is 6. The summed E-state index contributed by atoms with van der Waals surface area (Å²) in [6.45, 7) is 1.43. The second-order valence-corrected chi connectivity index (χ2v) is 2.76. The molecule has 94 valence electrons. The number of rotatable bonds is 0. The second-order valence-electron chi connectivity index (χ2n) is 2.76. The van der Waals surface area contributed by atoms with Gasteiger partial charge in [0.15, 0.2) is 0 Å². The number of benzene rings is 1. The summed E-state index contributed by atoms with van der Waals surface area (Å²) >= 11 is 0. The molecule has 1 aromatic rings. The molecule has 0 unspecified atom stereocenters. The van der Waals surface area contributed by atoms with E-state index in [-0.39, 0.29) is 0 Å². The van der Waals surface area contributed by atoms with Crippen molar-refractivity contribution >= 4 is 0 Å². The fourth-order valence-electron chi connectivity index (χ4n) is 0.978. The average Bonchev–Trinajstić information content (AvgIpc) is 2.16. The van der Waals surface area contributed by atoms with Gasteiger partial charge >= 0.3 is 12.4 Å². The van der Waals surface area contributed by atoms with E-state index in [1.54, 1.807) is 6.07 Å². The van der Waals surface area contributed by atoms with E-state index < -0.39 is 23.5 Å². The molecule has 0 bridgehead atoms. The topological polar surface area (TPSA) is 23.8 Å². The second kappa shape index (κ2) is 5.57. The van der Waals surface area contributed by atoms with E-state index in [1.807, 2.05) is 0 Å². The lowest BCUT2D eigenvalue weighted by atomic mass is 10.1. The van der Waals surface area contributed by atoms with Crippen LogP contribution in [0.5, 0.6) is 0 Å². The minimum atomic E-state index is -4.98. The Morgan fingerprint density at radius 3 is 1.29 bits per heavy atom. The minimum absolute atomic E-state index is 0.406. The molecule has 0 radical (unpaired) electrons. The molecule has 1 rings (SSSR count). The van der Waals surface area contributed by atoms with Gasteiger partial charge in [0.2, 0.25) is 0 Å². The van der Waals surface area contributed by atoms with Crippen molar-refractivity contribution in [1.82, 2.24) is 0 Å². The Hall–Kier alpha value is -1.71. The summed E-state index contributed by atoms with van der Waals surface area (Å²) in [6.07, 6.45) is -9.96. The SMILES string of the molecule is CC#N.FC(F)(F)c1ccccc1C(F)(F)F. The van der Waals surface area contributed by atoms with Gasteiger partial charge in [-0.15, -0.1) is 0 Å². The Balaban J connectivity index is 0.000000770. The predicted molar refractivity (Wildman–Crippen MR) is 47.7 cm³/mol. The molecule has 0 aliphatic rings. The zero-order valence-corrected chi connectivity index (χ0v) is 8.52. The first-order valence-electron chi connectivity index (χ1n) is 4.18. The van der Waals surface area contributed by atoms with Crippen molar-refractivity contribution in [2.24, 2.45) is 0 Å². The highest BCUT2D eigenvalue weighted by molar-refractivity contribution is 5.31. The zero-order chi connectivity index (χ0) is 13.7. The molecular formula is C10H7F6N. The smallest absolute Gasteiger partial charge is 0.199 e. The third kappa shape index (κ3) is 4.76. The lowest BCUT2D eigenvalue weighted by molar-refractivity contribution is -0.162. The molecular weight excluding hydrogens is 248 g/mol. The summed E-state index contributed by atoms with van der Waals surface area (Å²) in [5.74, 6) is 0. The van der Waals surface area contributed by atoms with Crippen LogP contribution in [0.3, 0.4) is 0 Å². The van der Waals surface area contributed by atoms with Crippen LogP contribution in [0.1, 0.15) is 18.1 Å². The van der Waals surface area contributed by atoms with Crippen molar-refractivity contribution in [2.75, 3.05) is 0 Å². The summed E-state index contributed by atoms with van der Waals surface area (Å²) in [7, 11) is 0. The van der Waals surface area contributed by atoms with Crippen molar-refractivity contribution < 1.29 is 26.3 Å². The Morgan fingerprint density at radius 1 is 0.882 bits per heavy atom. The normalized spacial score (nSPS) is 11.2. The van der Waals surface area contributed by atoms with E-state index in [1.165, 1.54) is 6.92 Å². The molecule has 17 heavy (non-hydrogen) atoms. The van der Waals surface area contributed by atoms with Gasteiger partial charge in [-0.1, -0.05) is 12.1 Å². The minimum Gasteiger partial charge on any atom is -0.199 e. The van der Waals surface area contributed by atoms with Crippen LogP contribution in [0.2, 0.25) is 0 Å². The molecule has 0 fully saturated rings. The van der Waals surface area contributed by atoms with E-state index in [0.29, 0.717) is 12.1 Å². The van der Waals surface area contributed by atoms with E-state index in [4.69, 9.17) is 5.26 Å². The maximum absolute atomic E-state index is 12.1. The van der Waals surface area contributed by atoms with Crippen molar-refractivity contribution in [1.29, 1.82) is 5.26 Å². The van der Waals surface area contributed by atoms with E-state index in [0.717, 1.165) is 12.1 Å². The Labute approximate surface area is 93.3 Å². The van der Waals surface area contributed by atoms with Gasteiger partial charge in [-0.05, 0) is 12.1 Å².